The molecule has 2 unspecified atom stereocenters. The summed E-state index contributed by atoms with van der Waals surface area (Å²) in [5.41, 5.74) is 0.714. The molecule has 0 aromatic heterocycles. The second-order valence-corrected chi connectivity index (χ2v) is 7.85. The van der Waals surface area contributed by atoms with E-state index in [9.17, 15) is 19.7 Å². The van der Waals surface area contributed by atoms with Crippen molar-refractivity contribution in [3.63, 3.8) is 0 Å². The Hall–Kier alpha value is -4.20. The van der Waals surface area contributed by atoms with E-state index in [0.717, 1.165) is 5.56 Å². The van der Waals surface area contributed by atoms with Crippen LogP contribution in [0, 0.1) is 10.1 Å². The van der Waals surface area contributed by atoms with Gasteiger partial charge in [0.2, 0.25) is 6.54 Å². The van der Waals surface area contributed by atoms with Crippen molar-refractivity contribution >= 4 is 17.7 Å². The van der Waals surface area contributed by atoms with Gasteiger partial charge in [0.25, 0.3) is 5.91 Å². The van der Waals surface area contributed by atoms with Gasteiger partial charge in [-0.15, -0.1) is 0 Å². The monoisotopic (exact) mass is 445 g/mol. The molecule has 8 heteroatoms. The van der Waals surface area contributed by atoms with E-state index < -0.39 is 34.9 Å². The number of nitro groups is 1. The second-order valence-electron chi connectivity index (χ2n) is 7.85. The number of likely N-dealkylation sites (N-methyl/N-ethyl adjacent to an activating group) is 1. The topological polar surface area (TPSA) is 102 Å². The van der Waals surface area contributed by atoms with Crippen molar-refractivity contribution in [2.24, 2.45) is 0 Å². The fraction of sp³-hybridized carbons (Fsp3) is 0.200. The lowest BCUT2D eigenvalue weighted by Gasteiger charge is -2.35. The predicted octanol–water partition coefficient (Wildman–Crippen LogP) is 3.85. The van der Waals surface area contributed by atoms with Gasteiger partial charge in [0.1, 0.15) is 6.61 Å². The zero-order valence-electron chi connectivity index (χ0n) is 18.0. The fourth-order valence-corrected chi connectivity index (χ4v) is 4.38. The fourth-order valence-electron chi connectivity index (χ4n) is 4.38. The van der Waals surface area contributed by atoms with Crippen molar-refractivity contribution in [1.29, 1.82) is 0 Å². The maximum absolute atomic E-state index is 13.7. The number of ether oxygens (including phenoxy) is 1. The van der Waals surface area contributed by atoms with Gasteiger partial charge < -0.3 is 15.0 Å². The third-order valence-corrected chi connectivity index (χ3v) is 5.90. The van der Waals surface area contributed by atoms with Crippen LogP contribution in [0.15, 0.2) is 84.9 Å². The molecule has 1 N–H and O–H groups in total. The van der Waals surface area contributed by atoms with Gasteiger partial charge in [0.15, 0.2) is 5.54 Å². The van der Waals surface area contributed by atoms with Gasteiger partial charge >= 0.3 is 6.09 Å². The highest BCUT2D eigenvalue weighted by Gasteiger charge is 2.58. The number of para-hydroxylation sites is 1. The average Bonchev–Trinajstić information content (AvgIpc) is 3.05. The zero-order valence-corrected chi connectivity index (χ0v) is 18.0. The molecule has 0 saturated carbocycles. The summed E-state index contributed by atoms with van der Waals surface area (Å²) in [7, 11) is 1.59. The summed E-state index contributed by atoms with van der Waals surface area (Å²) in [5.74, 6) is -1.42. The van der Waals surface area contributed by atoms with Gasteiger partial charge in [-0.05, 0) is 17.2 Å². The Morgan fingerprint density at radius 2 is 1.64 bits per heavy atom. The number of hydrogen-bond donors (Lipinski definition) is 1. The Bertz CT molecular complexity index is 1170. The lowest BCUT2D eigenvalue weighted by molar-refractivity contribution is -0.485. The molecular formula is C25H23N3O5. The Labute approximate surface area is 190 Å². The molecule has 1 aliphatic rings. The van der Waals surface area contributed by atoms with Gasteiger partial charge in [0.05, 0.1) is 5.92 Å². The van der Waals surface area contributed by atoms with Crippen molar-refractivity contribution < 1.29 is 19.2 Å². The van der Waals surface area contributed by atoms with Crippen molar-refractivity contribution in [2.45, 2.75) is 18.1 Å². The Morgan fingerprint density at radius 3 is 2.30 bits per heavy atom. The number of fused-ring (bicyclic) bond motifs is 1. The predicted molar refractivity (Wildman–Crippen MR) is 122 cm³/mol. The summed E-state index contributed by atoms with van der Waals surface area (Å²) in [6.45, 7) is -0.559. The van der Waals surface area contributed by atoms with E-state index >= 15 is 0 Å². The van der Waals surface area contributed by atoms with Gasteiger partial charge in [0, 0.05) is 23.2 Å². The summed E-state index contributed by atoms with van der Waals surface area (Å²) in [4.78, 5) is 39.4. The maximum atomic E-state index is 13.7. The normalized spacial score (nSPS) is 17.8. The van der Waals surface area contributed by atoms with E-state index in [1.807, 2.05) is 30.3 Å². The number of nitrogens with one attached hydrogen (secondary N) is 1. The van der Waals surface area contributed by atoms with E-state index in [4.69, 9.17) is 4.74 Å². The van der Waals surface area contributed by atoms with Crippen LogP contribution in [0.2, 0.25) is 0 Å². The first-order chi connectivity index (χ1) is 15.9. The van der Waals surface area contributed by atoms with Crippen molar-refractivity contribution in [1.82, 2.24) is 5.32 Å². The highest BCUT2D eigenvalue weighted by atomic mass is 16.6. The molecular weight excluding hydrogens is 422 g/mol. The van der Waals surface area contributed by atoms with Crippen LogP contribution in [0.1, 0.15) is 22.6 Å². The highest BCUT2D eigenvalue weighted by Crippen LogP contribution is 2.48. The first kappa shape index (κ1) is 22.0. The molecule has 8 nitrogen and oxygen atoms in total. The van der Waals surface area contributed by atoms with Gasteiger partial charge in [-0.3, -0.25) is 14.9 Å². The zero-order chi connectivity index (χ0) is 23.4. The summed E-state index contributed by atoms with van der Waals surface area (Å²) >= 11 is 0. The first-order valence-electron chi connectivity index (χ1n) is 10.5. The van der Waals surface area contributed by atoms with Crippen LogP contribution in [0.4, 0.5) is 10.5 Å². The number of benzene rings is 3. The van der Waals surface area contributed by atoms with E-state index in [0.29, 0.717) is 16.8 Å². The van der Waals surface area contributed by atoms with Crippen LogP contribution in [0.5, 0.6) is 0 Å². The third-order valence-electron chi connectivity index (χ3n) is 5.90. The molecule has 0 fully saturated rings. The number of anilines is 1. The lowest BCUT2D eigenvalue weighted by atomic mass is 9.75. The van der Waals surface area contributed by atoms with Crippen molar-refractivity contribution in [2.75, 3.05) is 18.5 Å². The van der Waals surface area contributed by atoms with Crippen LogP contribution in [0.3, 0.4) is 0 Å². The number of amides is 2. The lowest BCUT2D eigenvalue weighted by Crippen LogP contribution is -2.57. The van der Waals surface area contributed by atoms with E-state index in [-0.39, 0.29) is 6.61 Å². The van der Waals surface area contributed by atoms with Gasteiger partial charge in [-0.25, -0.2) is 4.79 Å². The van der Waals surface area contributed by atoms with E-state index in [2.05, 4.69) is 5.32 Å². The molecule has 1 heterocycles. The van der Waals surface area contributed by atoms with Crippen molar-refractivity contribution in [3.05, 3.63) is 112 Å². The number of nitrogens with zero attached hydrogens (tertiary/aromatic N) is 2. The standard InChI is InChI=1S/C25H23N3O5/c1-27-22-15-9-8-14-20(22)25(23(27)29,21(16-28(31)32)19-12-6-3-7-13-19)26-24(30)33-17-18-10-4-2-5-11-18/h2-15,21H,16-17H2,1H3,(H,26,30). The molecule has 3 aromatic carbocycles. The largest absolute Gasteiger partial charge is 0.445 e. The number of alkyl carbamates (subject to hydrolysis) is 1. The Kier molecular flexibility index (Phi) is 6.08. The van der Waals surface area contributed by atoms with Crippen LogP contribution in [-0.2, 0) is 21.7 Å². The minimum Gasteiger partial charge on any atom is -0.445 e. The van der Waals surface area contributed by atoms with Crippen LogP contribution in [-0.4, -0.2) is 30.5 Å². The molecule has 2 amide bonds. The number of rotatable bonds is 7. The number of hydrogen-bond acceptors (Lipinski definition) is 5. The Morgan fingerprint density at radius 1 is 1.03 bits per heavy atom. The average molecular weight is 445 g/mol. The molecule has 0 aliphatic carbocycles. The van der Waals surface area contributed by atoms with Gasteiger partial charge in [-0.2, -0.15) is 0 Å². The minimum absolute atomic E-state index is 0.000328. The summed E-state index contributed by atoms with van der Waals surface area (Å²) in [6.07, 6.45) is -0.832. The smallest absolute Gasteiger partial charge is 0.408 e. The first-order valence-corrected chi connectivity index (χ1v) is 10.5. The maximum Gasteiger partial charge on any atom is 0.408 e. The van der Waals surface area contributed by atoms with Crippen LogP contribution < -0.4 is 10.2 Å². The number of carbonyl (C=O) groups is 2. The summed E-state index contributed by atoms with van der Waals surface area (Å²) in [5, 5.41) is 14.5. The molecule has 0 spiro atoms. The van der Waals surface area contributed by atoms with Crippen molar-refractivity contribution in [3.8, 4) is 0 Å². The molecule has 1 aliphatic heterocycles. The molecule has 0 saturated heterocycles. The molecule has 2 atom stereocenters. The molecule has 0 radical (unpaired) electrons. The highest BCUT2D eigenvalue weighted by molar-refractivity contribution is 6.09. The minimum atomic E-state index is -1.70. The third kappa shape index (κ3) is 4.15. The van der Waals surface area contributed by atoms with Crippen LogP contribution >= 0.6 is 0 Å². The molecule has 4 rings (SSSR count). The summed E-state index contributed by atoms with van der Waals surface area (Å²) in [6, 6.07) is 24.8. The SMILES string of the molecule is CN1C(=O)C(NC(=O)OCc2ccccc2)(C(C[N+](=O)[O-])c2ccccc2)c2ccccc21. The quantitative estimate of drug-likeness (QED) is 0.440. The summed E-state index contributed by atoms with van der Waals surface area (Å²) < 4.78 is 5.41. The van der Waals surface area contributed by atoms with E-state index in [1.54, 1.807) is 61.6 Å². The number of carbonyl (C=O) groups excluding carboxylic acids is 2. The van der Waals surface area contributed by atoms with Gasteiger partial charge in [-0.1, -0.05) is 78.9 Å². The molecule has 0 bridgehead atoms. The van der Waals surface area contributed by atoms with Crippen LogP contribution in [0.25, 0.3) is 0 Å². The molecule has 168 valence electrons. The molecule has 33 heavy (non-hydrogen) atoms. The Balaban J connectivity index is 1.78. The molecule has 3 aromatic rings. The van der Waals surface area contributed by atoms with E-state index in [1.165, 1.54) is 4.90 Å². The second kappa shape index (κ2) is 9.12.